The average molecular weight is 371 g/mol. The minimum Gasteiger partial charge on any atom is -0.461 e. The summed E-state index contributed by atoms with van der Waals surface area (Å²) in [6.45, 7) is 7.19. The minimum atomic E-state index is -0.490. The molecule has 2 heterocycles. The smallest absolute Gasteiger partial charge is 0.355 e. The van der Waals surface area contributed by atoms with E-state index in [0.29, 0.717) is 29.8 Å². The first-order valence-electron chi connectivity index (χ1n) is 8.90. The van der Waals surface area contributed by atoms with Crippen LogP contribution in [-0.2, 0) is 16.0 Å². The molecule has 2 rings (SSSR count). The molecule has 7 heteroatoms. The summed E-state index contributed by atoms with van der Waals surface area (Å²) in [6, 6.07) is 5.59. The van der Waals surface area contributed by atoms with E-state index in [1.54, 1.807) is 27.0 Å². The van der Waals surface area contributed by atoms with Crippen LogP contribution in [0.5, 0.6) is 0 Å². The molecule has 144 valence electrons. The fraction of sp³-hybridized carbons (Fsp3) is 0.400. The van der Waals surface area contributed by atoms with Crippen molar-refractivity contribution in [2.45, 2.75) is 34.1 Å². The summed E-state index contributed by atoms with van der Waals surface area (Å²) in [5.41, 5.74) is 2.70. The normalized spacial score (nSPS) is 10.5. The summed E-state index contributed by atoms with van der Waals surface area (Å²) in [5, 5.41) is 0. The average Bonchev–Trinajstić information content (AvgIpc) is 2.93. The van der Waals surface area contributed by atoms with Gasteiger partial charge in [-0.3, -0.25) is 14.6 Å². The monoisotopic (exact) mass is 371 g/mol. The Bertz CT molecular complexity index is 827. The maximum Gasteiger partial charge on any atom is 0.355 e. The molecule has 0 radical (unpaired) electrons. The number of rotatable bonds is 8. The highest BCUT2D eigenvalue weighted by atomic mass is 16.5. The van der Waals surface area contributed by atoms with E-state index in [9.17, 15) is 14.4 Å². The molecule has 0 fully saturated rings. The molecule has 0 spiro atoms. The van der Waals surface area contributed by atoms with Crippen molar-refractivity contribution < 1.29 is 19.1 Å². The lowest BCUT2D eigenvalue weighted by Crippen LogP contribution is -2.36. The van der Waals surface area contributed by atoms with Gasteiger partial charge in [0.15, 0.2) is 5.78 Å². The molecule has 2 aromatic heterocycles. The van der Waals surface area contributed by atoms with Crippen LogP contribution < -0.4 is 0 Å². The highest BCUT2D eigenvalue weighted by Gasteiger charge is 2.24. The van der Waals surface area contributed by atoms with Gasteiger partial charge in [-0.1, -0.05) is 6.07 Å². The molecule has 0 aliphatic carbocycles. The lowest BCUT2D eigenvalue weighted by Gasteiger charge is -2.20. The Morgan fingerprint density at radius 3 is 2.56 bits per heavy atom. The Hall–Kier alpha value is -2.96. The van der Waals surface area contributed by atoms with Crippen LogP contribution in [0.1, 0.15) is 51.6 Å². The lowest BCUT2D eigenvalue weighted by molar-refractivity contribution is -0.128. The number of amides is 1. The quantitative estimate of drug-likeness (QED) is 0.568. The number of ether oxygens (including phenoxy) is 1. The van der Waals surface area contributed by atoms with Crippen molar-refractivity contribution in [1.82, 2.24) is 14.9 Å². The van der Waals surface area contributed by atoms with Gasteiger partial charge < -0.3 is 14.6 Å². The zero-order chi connectivity index (χ0) is 20.0. The zero-order valence-electron chi connectivity index (χ0n) is 16.2. The van der Waals surface area contributed by atoms with Crippen molar-refractivity contribution in [2.75, 3.05) is 19.7 Å². The largest absolute Gasteiger partial charge is 0.461 e. The molecular weight excluding hydrogens is 346 g/mol. The number of Topliss-reactive ketones (excluding diaryl/α,β-unsaturated/α-hetero) is 1. The van der Waals surface area contributed by atoms with E-state index in [-0.39, 0.29) is 30.5 Å². The fourth-order valence-corrected chi connectivity index (χ4v) is 2.97. The number of pyridine rings is 1. The first-order valence-corrected chi connectivity index (χ1v) is 8.90. The highest BCUT2D eigenvalue weighted by Crippen LogP contribution is 2.20. The van der Waals surface area contributed by atoms with Crippen LogP contribution in [0.4, 0.5) is 0 Å². The van der Waals surface area contributed by atoms with E-state index in [1.807, 2.05) is 18.2 Å². The SMILES string of the molecule is CCOC(=O)c1[nH]c(C)c(C(=O)CN(CCc2ccccn2)C(C)=O)c1C. The summed E-state index contributed by atoms with van der Waals surface area (Å²) >= 11 is 0. The van der Waals surface area contributed by atoms with Crippen LogP contribution in [0.2, 0.25) is 0 Å². The fourth-order valence-electron chi connectivity index (χ4n) is 2.97. The van der Waals surface area contributed by atoms with Gasteiger partial charge >= 0.3 is 5.97 Å². The number of H-pyrrole nitrogens is 1. The molecule has 0 aromatic carbocycles. The van der Waals surface area contributed by atoms with Crippen LogP contribution in [-0.4, -0.2) is 52.2 Å². The molecule has 0 saturated carbocycles. The van der Waals surface area contributed by atoms with Crippen molar-refractivity contribution in [1.29, 1.82) is 0 Å². The number of carbonyl (C=O) groups excluding carboxylic acids is 3. The Morgan fingerprint density at radius 1 is 1.22 bits per heavy atom. The van der Waals surface area contributed by atoms with Crippen LogP contribution in [0.25, 0.3) is 0 Å². The second-order valence-corrected chi connectivity index (χ2v) is 6.28. The number of carbonyl (C=O) groups is 3. The predicted octanol–water partition coefficient (Wildman–Crippen LogP) is 2.48. The highest BCUT2D eigenvalue weighted by molar-refractivity contribution is 6.04. The third-order valence-electron chi connectivity index (χ3n) is 4.34. The molecule has 2 aromatic rings. The Kier molecular flexibility index (Phi) is 6.87. The van der Waals surface area contributed by atoms with E-state index in [2.05, 4.69) is 9.97 Å². The van der Waals surface area contributed by atoms with Gasteiger partial charge in [-0.25, -0.2) is 4.79 Å². The molecule has 0 atom stereocenters. The van der Waals surface area contributed by atoms with Crippen LogP contribution in [0, 0.1) is 13.8 Å². The molecule has 0 aliphatic rings. The first-order chi connectivity index (χ1) is 12.8. The molecule has 0 bridgehead atoms. The number of aromatic amines is 1. The molecular formula is C20H25N3O4. The molecule has 27 heavy (non-hydrogen) atoms. The predicted molar refractivity (Wildman–Crippen MR) is 101 cm³/mol. The summed E-state index contributed by atoms with van der Waals surface area (Å²) in [6.07, 6.45) is 2.26. The number of aromatic nitrogens is 2. The lowest BCUT2D eigenvalue weighted by atomic mass is 10.0. The second-order valence-electron chi connectivity index (χ2n) is 6.28. The van der Waals surface area contributed by atoms with Gasteiger partial charge in [0, 0.05) is 43.0 Å². The number of ketones is 1. The van der Waals surface area contributed by atoms with E-state index < -0.39 is 5.97 Å². The van der Waals surface area contributed by atoms with Crippen LogP contribution >= 0.6 is 0 Å². The molecule has 0 unspecified atom stereocenters. The molecule has 0 aliphatic heterocycles. The number of hydrogen-bond donors (Lipinski definition) is 1. The maximum absolute atomic E-state index is 12.8. The number of esters is 1. The molecule has 1 N–H and O–H groups in total. The van der Waals surface area contributed by atoms with Gasteiger partial charge in [0.1, 0.15) is 5.69 Å². The van der Waals surface area contributed by atoms with Gasteiger partial charge in [-0.2, -0.15) is 0 Å². The maximum atomic E-state index is 12.8. The summed E-state index contributed by atoms with van der Waals surface area (Å²) in [7, 11) is 0. The second kappa shape index (κ2) is 9.12. The zero-order valence-corrected chi connectivity index (χ0v) is 16.2. The third kappa shape index (κ3) is 5.03. The van der Waals surface area contributed by atoms with Crippen molar-refractivity contribution in [3.63, 3.8) is 0 Å². The molecule has 1 amide bonds. The number of nitrogens with zero attached hydrogens (tertiary/aromatic N) is 2. The third-order valence-corrected chi connectivity index (χ3v) is 4.34. The molecule has 7 nitrogen and oxygen atoms in total. The van der Waals surface area contributed by atoms with Crippen molar-refractivity contribution >= 4 is 17.7 Å². The van der Waals surface area contributed by atoms with Gasteiger partial charge in [-0.05, 0) is 38.5 Å². The van der Waals surface area contributed by atoms with Gasteiger partial charge in [0.25, 0.3) is 0 Å². The van der Waals surface area contributed by atoms with Gasteiger partial charge in [-0.15, -0.1) is 0 Å². The van der Waals surface area contributed by atoms with Crippen LogP contribution in [0.3, 0.4) is 0 Å². The summed E-state index contributed by atoms with van der Waals surface area (Å²) < 4.78 is 5.01. The molecule has 0 saturated heterocycles. The van der Waals surface area contributed by atoms with Crippen LogP contribution in [0.15, 0.2) is 24.4 Å². The number of nitrogens with one attached hydrogen (secondary N) is 1. The number of aryl methyl sites for hydroxylation is 1. The Morgan fingerprint density at radius 2 is 1.96 bits per heavy atom. The Labute approximate surface area is 158 Å². The van der Waals surface area contributed by atoms with Crippen molar-refractivity contribution in [3.05, 3.63) is 52.6 Å². The van der Waals surface area contributed by atoms with Crippen molar-refractivity contribution in [3.8, 4) is 0 Å². The summed E-state index contributed by atoms with van der Waals surface area (Å²) in [4.78, 5) is 45.5. The van der Waals surface area contributed by atoms with Gasteiger partial charge in [0.2, 0.25) is 5.91 Å². The van der Waals surface area contributed by atoms with Gasteiger partial charge in [0.05, 0.1) is 13.2 Å². The standard InChI is InChI=1S/C20H25N3O4/c1-5-27-20(26)19-13(2)18(14(3)22-19)17(25)12-23(15(4)24)11-9-16-8-6-7-10-21-16/h6-8,10,22H,5,9,11-12H2,1-4H3. The summed E-state index contributed by atoms with van der Waals surface area (Å²) in [5.74, 6) is -0.889. The van der Waals surface area contributed by atoms with E-state index >= 15 is 0 Å². The van der Waals surface area contributed by atoms with Crippen molar-refractivity contribution in [2.24, 2.45) is 0 Å². The van der Waals surface area contributed by atoms with E-state index in [4.69, 9.17) is 4.74 Å². The topological polar surface area (TPSA) is 92.4 Å². The Balaban J connectivity index is 2.13. The first kappa shape index (κ1) is 20.4. The van der Waals surface area contributed by atoms with E-state index in [0.717, 1.165) is 5.69 Å². The minimum absolute atomic E-state index is 0.0516. The van der Waals surface area contributed by atoms with E-state index in [1.165, 1.54) is 11.8 Å². The number of hydrogen-bond acceptors (Lipinski definition) is 5.